The summed E-state index contributed by atoms with van der Waals surface area (Å²) in [4.78, 5) is 16.8. The number of halogens is 2. The molecule has 1 amide bonds. The van der Waals surface area contributed by atoms with E-state index in [4.69, 9.17) is 11.6 Å². The second kappa shape index (κ2) is 5.07. The highest BCUT2D eigenvalue weighted by molar-refractivity contribution is 6.32. The van der Waals surface area contributed by atoms with E-state index in [1.54, 1.807) is 7.05 Å². The van der Waals surface area contributed by atoms with Crippen molar-refractivity contribution < 1.29 is 9.18 Å². The van der Waals surface area contributed by atoms with Gasteiger partial charge in [0.15, 0.2) is 0 Å². The summed E-state index contributed by atoms with van der Waals surface area (Å²) in [6.45, 7) is 2.56. The van der Waals surface area contributed by atoms with Gasteiger partial charge in [0.2, 0.25) is 0 Å². The fourth-order valence-corrected chi connectivity index (χ4v) is 1.40. The molecular weight excluding hydrogens is 219 g/mol. The van der Waals surface area contributed by atoms with Gasteiger partial charge < -0.3 is 4.90 Å². The van der Waals surface area contributed by atoms with E-state index in [-0.39, 0.29) is 16.6 Å². The maximum atomic E-state index is 12.9. The monoisotopic (exact) mass is 230 g/mol. The zero-order chi connectivity index (χ0) is 11.4. The molecule has 0 unspecified atom stereocenters. The minimum Gasteiger partial charge on any atom is -0.342 e. The number of hydrogen-bond acceptors (Lipinski definition) is 2. The Morgan fingerprint density at radius 3 is 2.93 bits per heavy atom. The molecule has 0 aliphatic heterocycles. The summed E-state index contributed by atoms with van der Waals surface area (Å²) >= 11 is 5.71. The van der Waals surface area contributed by atoms with Gasteiger partial charge in [0.1, 0.15) is 11.0 Å². The zero-order valence-corrected chi connectivity index (χ0v) is 9.38. The lowest BCUT2D eigenvalue weighted by Gasteiger charge is -2.16. The Hall–Kier alpha value is -1.16. The van der Waals surface area contributed by atoms with Crippen LogP contribution in [0.5, 0.6) is 0 Å². The summed E-state index contributed by atoms with van der Waals surface area (Å²) in [5.74, 6) is -0.874. The fourth-order valence-electron chi connectivity index (χ4n) is 1.22. The molecule has 1 rings (SSSR count). The van der Waals surface area contributed by atoms with Gasteiger partial charge in [-0.3, -0.25) is 4.79 Å². The molecule has 0 aromatic carbocycles. The van der Waals surface area contributed by atoms with Gasteiger partial charge in [0.05, 0.1) is 11.8 Å². The highest BCUT2D eigenvalue weighted by Gasteiger charge is 2.16. The summed E-state index contributed by atoms with van der Waals surface area (Å²) in [6, 6.07) is 1.10. The second-order valence-electron chi connectivity index (χ2n) is 3.22. The lowest BCUT2D eigenvalue weighted by atomic mass is 10.2. The van der Waals surface area contributed by atoms with Gasteiger partial charge in [-0.25, -0.2) is 9.37 Å². The van der Waals surface area contributed by atoms with Crippen LogP contribution in [-0.2, 0) is 0 Å². The quantitative estimate of drug-likeness (QED) is 0.747. The Balaban J connectivity index is 2.95. The smallest absolute Gasteiger partial charge is 0.256 e. The molecule has 1 aromatic heterocycles. The molecular formula is C10H12ClFN2O. The van der Waals surface area contributed by atoms with E-state index in [2.05, 4.69) is 4.98 Å². The van der Waals surface area contributed by atoms with Crippen LogP contribution < -0.4 is 0 Å². The molecule has 0 spiro atoms. The third-order valence-electron chi connectivity index (χ3n) is 1.94. The van der Waals surface area contributed by atoms with E-state index in [0.29, 0.717) is 6.54 Å². The number of carbonyl (C=O) groups is 1. The maximum absolute atomic E-state index is 12.9. The van der Waals surface area contributed by atoms with Crippen LogP contribution in [0.3, 0.4) is 0 Å². The van der Waals surface area contributed by atoms with Gasteiger partial charge in [-0.2, -0.15) is 0 Å². The first-order valence-corrected chi connectivity index (χ1v) is 5.00. The van der Waals surface area contributed by atoms with Gasteiger partial charge in [-0.1, -0.05) is 18.5 Å². The average molecular weight is 231 g/mol. The molecule has 0 saturated heterocycles. The van der Waals surface area contributed by atoms with Crippen molar-refractivity contribution in [2.75, 3.05) is 13.6 Å². The van der Waals surface area contributed by atoms with Crippen molar-refractivity contribution in [2.24, 2.45) is 0 Å². The Kier molecular flexibility index (Phi) is 4.03. The van der Waals surface area contributed by atoms with E-state index in [9.17, 15) is 9.18 Å². The highest BCUT2D eigenvalue weighted by atomic mass is 35.5. The van der Waals surface area contributed by atoms with Crippen LogP contribution in [0.15, 0.2) is 12.3 Å². The third kappa shape index (κ3) is 2.89. The Bertz CT molecular complexity index is 370. The van der Waals surface area contributed by atoms with Gasteiger partial charge in [0.25, 0.3) is 5.91 Å². The van der Waals surface area contributed by atoms with E-state index < -0.39 is 5.82 Å². The minimum atomic E-state index is -0.562. The summed E-state index contributed by atoms with van der Waals surface area (Å²) in [5.41, 5.74) is 0.104. The Labute approximate surface area is 92.9 Å². The van der Waals surface area contributed by atoms with Gasteiger partial charge in [-0.15, -0.1) is 0 Å². The SMILES string of the molecule is CCCN(C)C(=O)c1cc(F)cnc1Cl. The maximum Gasteiger partial charge on any atom is 0.256 e. The first-order chi connectivity index (χ1) is 7.06. The van der Waals surface area contributed by atoms with Crippen molar-refractivity contribution in [1.29, 1.82) is 0 Å². The summed E-state index contributed by atoms with van der Waals surface area (Å²) < 4.78 is 12.9. The molecule has 1 heterocycles. The van der Waals surface area contributed by atoms with E-state index in [1.807, 2.05) is 6.92 Å². The summed E-state index contributed by atoms with van der Waals surface area (Å²) in [5, 5.41) is 0.0318. The number of aromatic nitrogens is 1. The van der Waals surface area contributed by atoms with Crippen LogP contribution in [0.25, 0.3) is 0 Å². The number of carbonyl (C=O) groups excluding carboxylic acids is 1. The molecule has 0 bridgehead atoms. The van der Waals surface area contributed by atoms with Gasteiger partial charge >= 0.3 is 0 Å². The molecule has 0 N–H and O–H groups in total. The molecule has 0 aliphatic carbocycles. The van der Waals surface area contributed by atoms with E-state index >= 15 is 0 Å². The molecule has 0 atom stereocenters. The highest BCUT2D eigenvalue weighted by Crippen LogP contribution is 2.15. The zero-order valence-electron chi connectivity index (χ0n) is 8.63. The molecule has 0 radical (unpaired) electrons. The predicted octanol–water partition coefficient (Wildman–Crippen LogP) is 2.36. The van der Waals surface area contributed by atoms with Gasteiger partial charge in [0, 0.05) is 13.6 Å². The van der Waals surface area contributed by atoms with Crippen LogP contribution in [0.1, 0.15) is 23.7 Å². The number of pyridine rings is 1. The van der Waals surface area contributed by atoms with E-state index in [1.165, 1.54) is 4.90 Å². The van der Waals surface area contributed by atoms with Crippen LogP contribution in [-0.4, -0.2) is 29.4 Å². The largest absolute Gasteiger partial charge is 0.342 e. The topological polar surface area (TPSA) is 33.2 Å². The normalized spacial score (nSPS) is 10.1. The lowest BCUT2D eigenvalue weighted by Crippen LogP contribution is -2.27. The Morgan fingerprint density at radius 1 is 1.67 bits per heavy atom. The van der Waals surface area contributed by atoms with Crippen molar-refractivity contribution in [2.45, 2.75) is 13.3 Å². The number of amides is 1. The average Bonchev–Trinajstić information content (AvgIpc) is 2.21. The molecule has 0 fully saturated rings. The number of rotatable bonds is 3. The molecule has 0 saturated carbocycles. The molecule has 5 heteroatoms. The molecule has 82 valence electrons. The third-order valence-corrected chi connectivity index (χ3v) is 2.24. The standard InChI is InChI=1S/C10H12ClFN2O/c1-3-4-14(2)10(15)8-5-7(12)6-13-9(8)11/h5-6H,3-4H2,1-2H3. The number of nitrogens with zero attached hydrogens (tertiary/aromatic N) is 2. The van der Waals surface area contributed by atoms with Crippen LogP contribution in [0, 0.1) is 5.82 Å². The van der Waals surface area contributed by atoms with Crippen molar-refractivity contribution in [3.8, 4) is 0 Å². The predicted molar refractivity (Wildman–Crippen MR) is 56.5 cm³/mol. The van der Waals surface area contributed by atoms with Gasteiger partial charge in [-0.05, 0) is 12.5 Å². The van der Waals surface area contributed by atoms with Crippen LogP contribution in [0.2, 0.25) is 5.15 Å². The first kappa shape index (κ1) is 11.9. The fraction of sp³-hybridized carbons (Fsp3) is 0.400. The Morgan fingerprint density at radius 2 is 2.33 bits per heavy atom. The van der Waals surface area contributed by atoms with Crippen molar-refractivity contribution in [3.63, 3.8) is 0 Å². The lowest BCUT2D eigenvalue weighted by molar-refractivity contribution is 0.0794. The second-order valence-corrected chi connectivity index (χ2v) is 3.58. The summed E-state index contributed by atoms with van der Waals surface area (Å²) in [7, 11) is 1.65. The van der Waals surface area contributed by atoms with Crippen molar-refractivity contribution >= 4 is 17.5 Å². The van der Waals surface area contributed by atoms with E-state index in [0.717, 1.165) is 18.7 Å². The van der Waals surface area contributed by atoms with Crippen LogP contribution in [0.4, 0.5) is 4.39 Å². The molecule has 15 heavy (non-hydrogen) atoms. The molecule has 3 nitrogen and oxygen atoms in total. The molecule has 0 aliphatic rings. The van der Waals surface area contributed by atoms with Crippen LogP contribution >= 0.6 is 11.6 Å². The minimum absolute atomic E-state index is 0.0318. The number of hydrogen-bond donors (Lipinski definition) is 0. The first-order valence-electron chi connectivity index (χ1n) is 4.62. The van der Waals surface area contributed by atoms with Crippen molar-refractivity contribution in [1.82, 2.24) is 9.88 Å². The summed E-state index contributed by atoms with van der Waals surface area (Å²) in [6.07, 6.45) is 1.82. The molecule has 1 aromatic rings. The van der Waals surface area contributed by atoms with Crippen molar-refractivity contribution in [3.05, 3.63) is 28.8 Å².